The molecule has 0 saturated carbocycles. The van der Waals surface area contributed by atoms with Gasteiger partial charge in [-0.2, -0.15) is 0 Å². The van der Waals surface area contributed by atoms with Gasteiger partial charge in [0.05, 0.1) is 0 Å². The van der Waals surface area contributed by atoms with Crippen molar-refractivity contribution in [3.8, 4) is 0 Å². The first-order chi connectivity index (χ1) is 4.00. The number of halogens is 2. The summed E-state index contributed by atoms with van der Waals surface area (Å²) in [5, 5.41) is 0. The molecule has 0 aliphatic rings. The molecular formula is BaF2O6S2. The van der Waals surface area contributed by atoms with Crippen molar-refractivity contribution < 1.29 is 33.7 Å². The van der Waals surface area contributed by atoms with Crippen LogP contribution in [0.25, 0.3) is 0 Å². The molecular weight excluding hydrogens is 335 g/mol. The van der Waals surface area contributed by atoms with Gasteiger partial charge in [-0.1, -0.05) is 0 Å². The first-order valence-electron chi connectivity index (χ1n) is 1.31. The van der Waals surface area contributed by atoms with Crippen molar-refractivity contribution in [1.29, 1.82) is 0 Å². The Morgan fingerprint density at radius 2 is 0.818 bits per heavy atom. The summed E-state index contributed by atoms with van der Waals surface area (Å²) >= 11 is 0. The maximum atomic E-state index is 10.1. The van der Waals surface area contributed by atoms with Crippen LogP contribution in [0.4, 0.5) is 7.77 Å². The Bertz CT molecular complexity index is 215. The molecule has 11 heteroatoms. The zero-order valence-corrected chi connectivity index (χ0v) is 10.8. The third kappa shape index (κ3) is 615. The van der Waals surface area contributed by atoms with E-state index in [9.17, 15) is 7.77 Å². The number of hydrogen-bond acceptors (Lipinski definition) is 6. The maximum Gasteiger partial charge on any atom is 2.00 e. The van der Waals surface area contributed by atoms with Gasteiger partial charge in [0.2, 0.25) is 0 Å². The summed E-state index contributed by atoms with van der Waals surface area (Å²) < 4.78 is 70.7. The monoisotopic (exact) mass is 336 g/mol. The molecule has 64 valence electrons. The van der Waals surface area contributed by atoms with Crippen molar-refractivity contribution in [3.63, 3.8) is 0 Å². The Morgan fingerprint density at radius 3 is 0.818 bits per heavy atom. The van der Waals surface area contributed by atoms with Gasteiger partial charge in [0, 0.05) is 0 Å². The Kier molecular flexibility index (Phi) is 11.1. The first-order valence-corrected chi connectivity index (χ1v) is 3.93. The molecule has 0 rings (SSSR count). The quantitative estimate of drug-likeness (QED) is 0.301. The van der Waals surface area contributed by atoms with Crippen LogP contribution in [0, 0.1) is 0 Å². The molecule has 0 spiro atoms. The SMILES string of the molecule is O=S(=O)([O-])F.O=S(=O)([O-])F.[Ba+2]. The van der Waals surface area contributed by atoms with Gasteiger partial charge in [-0.3, -0.25) is 0 Å². The van der Waals surface area contributed by atoms with Crippen molar-refractivity contribution in [2.24, 2.45) is 0 Å². The molecule has 0 N–H and O–H groups in total. The molecule has 0 heterocycles. The van der Waals surface area contributed by atoms with Crippen molar-refractivity contribution >= 4 is 69.9 Å². The third-order valence-corrected chi connectivity index (χ3v) is 0. The van der Waals surface area contributed by atoms with Crippen molar-refractivity contribution in [3.05, 3.63) is 0 Å². The Hall–Kier alpha value is 1.25. The van der Waals surface area contributed by atoms with E-state index in [1.807, 2.05) is 0 Å². The van der Waals surface area contributed by atoms with Gasteiger partial charge in [-0.05, 0) is 0 Å². The molecule has 0 amide bonds. The fraction of sp³-hybridized carbons (Fsp3) is 0. The van der Waals surface area contributed by atoms with Crippen molar-refractivity contribution in [1.82, 2.24) is 0 Å². The Morgan fingerprint density at radius 1 is 0.818 bits per heavy atom. The van der Waals surface area contributed by atoms with Gasteiger partial charge < -0.3 is 9.11 Å². The van der Waals surface area contributed by atoms with E-state index in [1.54, 1.807) is 0 Å². The van der Waals surface area contributed by atoms with Gasteiger partial charge in [0.15, 0.2) is 0 Å². The van der Waals surface area contributed by atoms with E-state index in [2.05, 4.69) is 0 Å². The summed E-state index contributed by atoms with van der Waals surface area (Å²) in [6.07, 6.45) is 0. The molecule has 0 aliphatic heterocycles. The zero-order chi connectivity index (χ0) is 9.00. The average molecular weight is 335 g/mol. The fourth-order valence-electron chi connectivity index (χ4n) is 0. The maximum absolute atomic E-state index is 10.1. The molecule has 6 nitrogen and oxygen atoms in total. The Balaban J connectivity index is -0.000000107. The first kappa shape index (κ1) is 18.1. The summed E-state index contributed by atoms with van der Waals surface area (Å²) in [5.74, 6) is 0. The molecule has 0 saturated heterocycles. The van der Waals surface area contributed by atoms with Crippen LogP contribution in [0.15, 0.2) is 0 Å². The van der Waals surface area contributed by atoms with Crippen LogP contribution in [-0.4, -0.2) is 74.8 Å². The van der Waals surface area contributed by atoms with Crippen LogP contribution in [0.5, 0.6) is 0 Å². The number of rotatable bonds is 0. The molecule has 0 aromatic carbocycles. The summed E-state index contributed by atoms with van der Waals surface area (Å²) in [6, 6.07) is 0. The fourth-order valence-corrected chi connectivity index (χ4v) is 0. The zero-order valence-electron chi connectivity index (χ0n) is 4.73. The molecule has 0 fully saturated rings. The van der Waals surface area contributed by atoms with E-state index in [0.29, 0.717) is 0 Å². The van der Waals surface area contributed by atoms with Gasteiger partial charge >= 0.3 is 48.9 Å². The summed E-state index contributed by atoms with van der Waals surface area (Å²) in [7, 11) is -10.8. The van der Waals surface area contributed by atoms with Crippen LogP contribution < -0.4 is 0 Å². The molecule has 0 aromatic heterocycles. The largest absolute Gasteiger partial charge is 2.00 e. The van der Waals surface area contributed by atoms with E-state index in [-0.39, 0.29) is 48.9 Å². The van der Waals surface area contributed by atoms with Gasteiger partial charge in [0.1, 0.15) is 0 Å². The summed E-state index contributed by atoms with van der Waals surface area (Å²) in [6.45, 7) is 0. The van der Waals surface area contributed by atoms with E-state index in [1.165, 1.54) is 0 Å². The molecule has 0 bridgehead atoms. The van der Waals surface area contributed by atoms with Crippen LogP contribution in [0.1, 0.15) is 0 Å². The second kappa shape index (κ2) is 6.73. The predicted octanol–water partition coefficient (Wildman–Crippen LogP) is -1.55. The minimum Gasteiger partial charge on any atom is -0.722 e. The molecule has 0 radical (unpaired) electrons. The minimum absolute atomic E-state index is 0. The van der Waals surface area contributed by atoms with E-state index >= 15 is 0 Å². The van der Waals surface area contributed by atoms with Gasteiger partial charge in [-0.15, -0.1) is 7.77 Å². The van der Waals surface area contributed by atoms with E-state index in [0.717, 1.165) is 0 Å². The topological polar surface area (TPSA) is 114 Å². The molecule has 0 atom stereocenters. The average Bonchev–Trinajstić information content (AvgIpc) is 1.12. The van der Waals surface area contributed by atoms with Crippen LogP contribution in [0.3, 0.4) is 0 Å². The molecule has 0 unspecified atom stereocenters. The normalized spacial score (nSPS) is 10.5. The van der Waals surface area contributed by atoms with Crippen molar-refractivity contribution in [2.45, 2.75) is 0 Å². The standard InChI is InChI=1S/Ba.2FHO3S/c;2*1-5(2,3)4/h;2*(H,2,3,4)/q+2;;/p-2. The molecule has 0 aliphatic carbocycles. The Labute approximate surface area is 102 Å². The van der Waals surface area contributed by atoms with Crippen LogP contribution >= 0.6 is 0 Å². The molecule has 0 aromatic rings. The van der Waals surface area contributed by atoms with Gasteiger partial charge in [-0.25, -0.2) is 16.8 Å². The third-order valence-electron chi connectivity index (χ3n) is 0. The minimum atomic E-state index is -5.42. The second-order valence-electron chi connectivity index (χ2n) is 0.786. The summed E-state index contributed by atoms with van der Waals surface area (Å²) in [5.41, 5.74) is 0. The van der Waals surface area contributed by atoms with Gasteiger partial charge in [0.25, 0.3) is 21.0 Å². The second-order valence-corrected chi connectivity index (χ2v) is 2.36. The van der Waals surface area contributed by atoms with Crippen LogP contribution in [-0.2, 0) is 21.0 Å². The van der Waals surface area contributed by atoms with Crippen molar-refractivity contribution in [2.75, 3.05) is 0 Å². The predicted molar refractivity (Wildman–Crippen MR) is 27.4 cm³/mol. The van der Waals surface area contributed by atoms with E-state index in [4.69, 9.17) is 25.9 Å². The van der Waals surface area contributed by atoms with Crippen LogP contribution in [0.2, 0.25) is 0 Å². The van der Waals surface area contributed by atoms with E-state index < -0.39 is 21.0 Å². The summed E-state index contributed by atoms with van der Waals surface area (Å²) in [4.78, 5) is 0. The molecule has 11 heavy (non-hydrogen) atoms. The smallest absolute Gasteiger partial charge is 0.722 e. The number of hydrogen-bond donors (Lipinski definition) is 0.